The number of oxazole rings is 1. The molecule has 4 aromatic rings. The maximum atomic E-state index is 13.5. The summed E-state index contributed by atoms with van der Waals surface area (Å²) >= 11 is 0. The summed E-state index contributed by atoms with van der Waals surface area (Å²) in [4.78, 5) is 20.3. The number of rotatable bonds is 3. The molecule has 37 heavy (non-hydrogen) atoms. The van der Waals surface area contributed by atoms with Crippen LogP contribution >= 0.6 is 0 Å². The van der Waals surface area contributed by atoms with Crippen molar-refractivity contribution < 1.29 is 19.0 Å². The quantitative estimate of drug-likeness (QED) is 0.402. The molecule has 0 aliphatic carbocycles. The second-order valence-corrected chi connectivity index (χ2v) is 11.1. The van der Waals surface area contributed by atoms with E-state index >= 15 is 0 Å². The molecule has 2 aliphatic rings. The number of aliphatic hydroxyl groups is 2. The zero-order valence-electron chi connectivity index (χ0n) is 21.4. The van der Waals surface area contributed by atoms with Crippen LogP contribution in [0.5, 0.6) is 0 Å². The minimum atomic E-state index is -0.710. The summed E-state index contributed by atoms with van der Waals surface area (Å²) in [6, 6.07) is 7.86. The van der Waals surface area contributed by atoms with Gasteiger partial charge in [-0.2, -0.15) is 5.26 Å². The summed E-state index contributed by atoms with van der Waals surface area (Å²) in [6.07, 6.45) is 1.41. The molecule has 2 aliphatic heterocycles. The van der Waals surface area contributed by atoms with Crippen molar-refractivity contribution in [3.8, 4) is 17.5 Å². The van der Waals surface area contributed by atoms with Gasteiger partial charge in [0.05, 0.1) is 18.8 Å². The fourth-order valence-electron chi connectivity index (χ4n) is 5.95. The van der Waals surface area contributed by atoms with E-state index in [1.54, 1.807) is 0 Å². The zero-order chi connectivity index (χ0) is 26.3. The van der Waals surface area contributed by atoms with Crippen molar-refractivity contribution >= 4 is 27.8 Å². The van der Waals surface area contributed by atoms with E-state index < -0.39 is 16.5 Å². The first-order valence-electron chi connectivity index (χ1n) is 12.6. The van der Waals surface area contributed by atoms with Gasteiger partial charge in [-0.1, -0.05) is 13.8 Å². The molecule has 0 saturated heterocycles. The lowest BCUT2D eigenvalue weighted by atomic mass is 9.68. The number of hydrogen-bond donors (Lipinski definition) is 2. The van der Waals surface area contributed by atoms with Crippen LogP contribution in [0.3, 0.4) is 0 Å². The Morgan fingerprint density at radius 3 is 2.41 bits per heavy atom. The van der Waals surface area contributed by atoms with E-state index in [9.17, 15) is 20.3 Å². The Morgan fingerprint density at radius 1 is 1.05 bits per heavy atom. The smallest absolute Gasteiger partial charge is 0.350 e. The lowest BCUT2D eigenvalue weighted by Crippen LogP contribution is -2.48. The molecule has 4 heterocycles. The van der Waals surface area contributed by atoms with Crippen molar-refractivity contribution in [2.24, 2.45) is 0 Å². The summed E-state index contributed by atoms with van der Waals surface area (Å²) in [5, 5.41) is 31.7. The van der Waals surface area contributed by atoms with E-state index in [2.05, 4.69) is 16.0 Å². The van der Waals surface area contributed by atoms with Gasteiger partial charge in [-0.3, -0.25) is 0 Å². The van der Waals surface area contributed by atoms with Gasteiger partial charge in [0.1, 0.15) is 22.7 Å². The summed E-state index contributed by atoms with van der Waals surface area (Å²) in [7, 11) is 0. The molecule has 0 radical (unpaired) electrons. The predicted octanol–water partition coefficient (Wildman–Crippen LogP) is 4.20. The molecular formula is C29H29N3O5. The third-order valence-corrected chi connectivity index (χ3v) is 8.64. The van der Waals surface area contributed by atoms with Crippen molar-refractivity contribution in [2.45, 2.75) is 51.4 Å². The Labute approximate surface area is 213 Å². The van der Waals surface area contributed by atoms with Crippen LogP contribution in [0, 0.1) is 25.2 Å². The first kappa shape index (κ1) is 23.7. The van der Waals surface area contributed by atoms with E-state index in [-0.39, 0.29) is 30.2 Å². The molecule has 8 nitrogen and oxygen atoms in total. The number of anilines is 1. The molecule has 0 spiro atoms. The maximum Gasteiger partial charge on any atom is 0.350 e. The van der Waals surface area contributed by atoms with E-state index in [1.807, 2.05) is 45.9 Å². The normalized spacial score (nSPS) is 22.9. The number of aromatic nitrogens is 1. The van der Waals surface area contributed by atoms with Crippen molar-refractivity contribution in [3.05, 3.63) is 56.4 Å². The molecule has 6 rings (SSSR count). The minimum absolute atomic E-state index is 0.0199. The Morgan fingerprint density at radius 2 is 1.73 bits per heavy atom. The van der Waals surface area contributed by atoms with Gasteiger partial charge in [0, 0.05) is 40.6 Å². The van der Waals surface area contributed by atoms with Crippen molar-refractivity contribution in [2.75, 3.05) is 31.2 Å². The van der Waals surface area contributed by atoms with Gasteiger partial charge < -0.3 is 23.9 Å². The van der Waals surface area contributed by atoms with Gasteiger partial charge in [0.25, 0.3) is 0 Å². The summed E-state index contributed by atoms with van der Waals surface area (Å²) in [5.41, 5.74) is 4.17. The van der Waals surface area contributed by atoms with Gasteiger partial charge >= 0.3 is 5.63 Å². The Kier molecular flexibility index (Phi) is 5.07. The topological polar surface area (TPSA) is 124 Å². The summed E-state index contributed by atoms with van der Waals surface area (Å²) in [5.74, 6) is 0.0371. The van der Waals surface area contributed by atoms with E-state index in [0.29, 0.717) is 28.5 Å². The Balaban J connectivity index is 1.74. The molecule has 2 aromatic carbocycles. The Bertz CT molecular complexity index is 1670. The van der Waals surface area contributed by atoms with Gasteiger partial charge in [0.2, 0.25) is 5.89 Å². The first-order valence-corrected chi connectivity index (χ1v) is 12.6. The largest absolute Gasteiger partial charge is 0.436 e. The van der Waals surface area contributed by atoms with Gasteiger partial charge in [0.15, 0.2) is 5.58 Å². The highest BCUT2D eigenvalue weighted by molar-refractivity contribution is 5.97. The van der Waals surface area contributed by atoms with E-state index in [1.165, 1.54) is 0 Å². The SMILES string of the molecule is Cc1cc2nc(-c3c(C#N)c4cc5c6c(c4oc3=O)C(C)(CO)CCN6CCC5(C)CO)oc2cc1C. The number of benzene rings is 2. The molecular weight excluding hydrogens is 470 g/mol. The predicted molar refractivity (Wildman–Crippen MR) is 140 cm³/mol. The second kappa shape index (κ2) is 7.91. The highest BCUT2D eigenvalue weighted by Crippen LogP contribution is 2.52. The Hall–Kier alpha value is -3.67. The standard InChI is InChI=1S/C29H29N3O5/c1-15-9-20-21(10-16(15)2)36-26(31-20)22-18(12-30)17-11-19-24-23(25(17)37-27(22)35)29(4,14-34)6-8-32(24)7-5-28(19,3)13-33/h9-11,33-34H,5-8,13-14H2,1-4H3. The van der Waals surface area contributed by atoms with Crippen LogP contribution < -0.4 is 10.5 Å². The third kappa shape index (κ3) is 3.20. The van der Waals surface area contributed by atoms with Crippen molar-refractivity contribution in [1.82, 2.24) is 4.98 Å². The molecule has 0 saturated carbocycles. The third-order valence-electron chi connectivity index (χ3n) is 8.64. The molecule has 0 bridgehead atoms. The van der Waals surface area contributed by atoms with Crippen LogP contribution in [0.2, 0.25) is 0 Å². The monoisotopic (exact) mass is 499 g/mol. The zero-order valence-corrected chi connectivity index (χ0v) is 21.4. The molecule has 0 fully saturated rings. The number of nitriles is 1. The van der Waals surface area contributed by atoms with Crippen LogP contribution in [-0.4, -0.2) is 41.5 Å². The number of aliphatic hydroxyl groups excluding tert-OH is 2. The lowest BCUT2D eigenvalue weighted by Gasteiger charge is -2.49. The molecule has 2 N–H and O–H groups in total. The number of fused-ring (bicyclic) bond motifs is 3. The number of hydrogen-bond acceptors (Lipinski definition) is 8. The molecule has 2 aromatic heterocycles. The highest BCUT2D eigenvalue weighted by Gasteiger charge is 2.45. The first-order chi connectivity index (χ1) is 17.6. The molecule has 2 unspecified atom stereocenters. The number of nitrogens with zero attached hydrogens (tertiary/aromatic N) is 3. The summed E-state index contributed by atoms with van der Waals surface area (Å²) in [6.45, 7) is 9.20. The van der Waals surface area contributed by atoms with Crippen LogP contribution in [0.25, 0.3) is 33.5 Å². The van der Waals surface area contributed by atoms with Gasteiger partial charge in [-0.15, -0.1) is 0 Å². The minimum Gasteiger partial charge on any atom is -0.436 e. The average molecular weight is 500 g/mol. The van der Waals surface area contributed by atoms with Gasteiger partial charge in [-0.05, 0) is 61.6 Å². The summed E-state index contributed by atoms with van der Waals surface area (Å²) < 4.78 is 12.0. The lowest BCUT2D eigenvalue weighted by molar-refractivity contribution is 0.180. The van der Waals surface area contributed by atoms with Crippen LogP contribution in [-0.2, 0) is 10.8 Å². The molecule has 2 atom stereocenters. The molecule has 8 heteroatoms. The fraction of sp³-hybridized carbons (Fsp3) is 0.414. The van der Waals surface area contributed by atoms with Crippen molar-refractivity contribution in [3.63, 3.8) is 0 Å². The van der Waals surface area contributed by atoms with E-state index in [4.69, 9.17) is 8.83 Å². The fourth-order valence-corrected chi connectivity index (χ4v) is 5.95. The number of aryl methyl sites for hydroxylation is 2. The van der Waals surface area contributed by atoms with Crippen LogP contribution in [0.15, 0.2) is 31.8 Å². The van der Waals surface area contributed by atoms with Crippen LogP contribution in [0.4, 0.5) is 5.69 Å². The second-order valence-electron chi connectivity index (χ2n) is 11.1. The van der Waals surface area contributed by atoms with Crippen LogP contribution in [0.1, 0.15) is 54.5 Å². The highest BCUT2D eigenvalue weighted by atomic mass is 16.4. The van der Waals surface area contributed by atoms with E-state index in [0.717, 1.165) is 47.5 Å². The molecule has 190 valence electrons. The van der Waals surface area contributed by atoms with Gasteiger partial charge in [-0.25, -0.2) is 9.78 Å². The maximum absolute atomic E-state index is 13.5. The molecule has 0 amide bonds. The van der Waals surface area contributed by atoms with Crippen molar-refractivity contribution in [1.29, 1.82) is 5.26 Å². The average Bonchev–Trinajstić information content (AvgIpc) is 3.28.